The molecule has 6 rings (SSSR count). The van der Waals surface area contributed by atoms with Crippen LogP contribution in [0.5, 0.6) is 0 Å². The van der Waals surface area contributed by atoms with Gasteiger partial charge in [-0.1, -0.05) is 76.6 Å². The minimum Gasteiger partial charge on any atom is -0.456 e. The molecule has 0 saturated carbocycles. The standard InChI is InChI=1S/C26H15BrO/c27-23-10-5-11-25-26(23)22-15-17(12-13-24(22)28-25)21-14-16-6-1-2-7-18(16)19-8-3-4-9-20(19)21/h1-15H. The molecule has 1 aromatic heterocycles. The quantitative estimate of drug-likeness (QED) is 0.242. The van der Waals surface area contributed by atoms with Crippen molar-refractivity contribution in [1.82, 2.24) is 0 Å². The van der Waals surface area contributed by atoms with Crippen LogP contribution < -0.4 is 0 Å². The van der Waals surface area contributed by atoms with Crippen molar-refractivity contribution in [1.29, 1.82) is 0 Å². The van der Waals surface area contributed by atoms with Crippen LogP contribution in [-0.2, 0) is 0 Å². The fourth-order valence-corrected chi connectivity index (χ4v) is 4.81. The first-order valence-corrected chi connectivity index (χ1v) is 10.1. The Morgan fingerprint density at radius 3 is 2.25 bits per heavy atom. The Kier molecular flexibility index (Phi) is 3.38. The predicted octanol–water partition coefficient (Wildman–Crippen LogP) is 8.32. The van der Waals surface area contributed by atoms with Crippen LogP contribution in [0.4, 0.5) is 0 Å². The molecule has 0 amide bonds. The van der Waals surface area contributed by atoms with Crippen LogP contribution >= 0.6 is 15.9 Å². The van der Waals surface area contributed by atoms with Gasteiger partial charge in [-0.05, 0) is 63.0 Å². The molecule has 0 saturated heterocycles. The van der Waals surface area contributed by atoms with E-state index in [9.17, 15) is 0 Å². The Hall–Kier alpha value is -3.10. The molecule has 0 spiro atoms. The first-order valence-electron chi connectivity index (χ1n) is 9.31. The number of furan rings is 1. The molecular weight excluding hydrogens is 408 g/mol. The van der Waals surface area contributed by atoms with Gasteiger partial charge in [-0.15, -0.1) is 0 Å². The van der Waals surface area contributed by atoms with E-state index in [0.29, 0.717) is 0 Å². The summed E-state index contributed by atoms with van der Waals surface area (Å²) in [4.78, 5) is 0. The summed E-state index contributed by atoms with van der Waals surface area (Å²) in [6.07, 6.45) is 0. The zero-order valence-corrected chi connectivity index (χ0v) is 16.5. The van der Waals surface area contributed by atoms with E-state index in [1.54, 1.807) is 0 Å². The molecule has 0 unspecified atom stereocenters. The van der Waals surface area contributed by atoms with Gasteiger partial charge in [-0.25, -0.2) is 0 Å². The van der Waals surface area contributed by atoms with Crippen molar-refractivity contribution < 1.29 is 4.42 Å². The monoisotopic (exact) mass is 422 g/mol. The van der Waals surface area contributed by atoms with Gasteiger partial charge in [-0.2, -0.15) is 0 Å². The number of hydrogen-bond donors (Lipinski definition) is 0. The molecule has 0 N–H and O–H groups in total. The molecule has 28 heavy (non-hydrogen) atoms. The molecule has 6 aromatic rings. The topological polar surface area (TPSA) is 13.1 Å². The van der Waals surface area contributed by atoms with Crippen molar-refractivity contribution >= 4 is 59.4 Å². The lowest BCUT2D eigenvalue weighted by Gasteiger charge is -2.11. The Bertz CT molecular complexity index is 1520. The molecule has 1 nitrogen and oxygen atoms in total. The maximum absolute atomic E-state index is 6.05. The average molecular weight is 423 g/mol. The fraction of sp³-hybridized carbons (Fsp3) is 0. The van der Waals surface area contributed by atoms with Gasteiger partial charge in [0.15, 0.2) is 0 Å². The first kappa shape index (κ1) is 15.9. The summed E-state index contributed by atoms with van der Waals surface area (Å²) in [5.74, 6) is 0. The molecule has 0 aliphatic rings. The third-order valence-corrected chi connectivity index (χ3v) is 6.18. The molecule has 0 aliphatic carbocycles. The van der Waals surface area contributed by atoms with E-state index >= 15 is 0 Å². The van der Waals surface area contributed by atoms with Gasteiger partial charge in [0.2, 0.25) is 0 Å². The van der Waals surface area contributed by atoms with Gasteiger partial charge in [0.1, 0.15) is 11.2 Å². The van der Waals surface area contributed by atoms with Crippen LogP contribution in [0.15, 0.2) is 99.9 Å². The van der Waals surface area contributed by atoms with Crippen LogP contribution in [-0.4, -0.2) is 0 Å². The minimum absolute atomic E-state index is 0.907. The highest BCUT2D eigenvalue weighted by Crippen LogP contribution is 2.39. The van der Waals surface area contributed by atoms with E-state index in [0.717, 1.165) is 26.4 Å². The molecule has 0 aliphatic heterocycles. The van der Waals surface area contributed by atoms with Crippen molar-refractivity contribution in [2.75, 3.05) is 0 Å². The average Bonchev–Trinajstić information content (AvgIpc) is 3.12. The third kappa shape index (κ3) is 2.25. The Labute approximate surface area is 170 Å². The van der Waals surface area contributed by atoms with Crippen LogP contribution in [0, 0.1) is 0 Å². The zero-order valence-electron chi connectivity index (χ0n) is 14.9. The van der Waals surface area contributed by atoms with E-state index in [-0.39, 0.29) is 0 Å². The zero-order chi connectivity index (χ0) is 18.7. The minimum atomic E-state index is 0.907. The summed E-state index contributed by atoms with van der Waals surface area (Å²) in [6, 6.07) is 32.1. The number of fused-ring (bicyclic) bond motifs is 6. The van der Waals surface area contributed by atoms with Crippen molar-refractivity contribution in [3.63, 3.8) is 0 Å². The van der Waals surface area contributed by atoms with E-state index < -0.39 is 0 Å². The summed E-state index contributed by atoms with van der Waals surface area (Å²) >= 11 is 3.69. The van der Waals surface area contributed by atoms with Gasteiger partial charge < -0.3 is 4.42 Å². The Morgan fingerprint density at radius 2 is 1.36 bits per heavy atom. The van der Waals surface area contributed by atoms with Crippen molar-refractivity contribution in [3.05, 3.63) is 95.5 Å². The summed E-state index contributed by atoms with van der Waals surface area (Å²) < 4.78 is 7.11. The number of rotatable bonds is 1. The molecule has 132 valence electrons. The highest BCUT2D eigenvalue weighted by Gasteiger charge is 2.13. The summed E-state index contributed by atoms with van der Waals surface area (Å²) in [6.45, 7) is 0. The normalized spacial score (nSPS) is 11.8. The molecular formula is C26H15BrO. The van der Waals surface area contributed by atoms with Gasteiger partial charge in [0.25, 0.3) is 0 Å². The highest BCUT2D eigenvalue weighted by atomic mass is 79.9. The Balaban J connectivity index is 1.73. The SMILES string of the molecule is Brc1cccc2oc3ccc(-c4cc5ccccc5c5ccccc45)cc3c12. The summed E-state index contributed by atoms with van der Waals surface area (Å²) in [7, 11) is 0. The van der Waals surface area contributed by atoms with Crippen LogP contribution in [0.25, 0.3) is 54.6 Å². The van der Waals surface area contributed by atoms with Crippen LogP contribution in [0.1, 0.15) is 0 Å². The maximum Gasteiger partial charge on any atom is 0.136 e. The first-order chi connectivity index (χ1) is 13.8. The smallest absolute Gasteiger partial charge is 0.136 e. The molecule has 0 radical (unpaired) electrons. The van der Waals surface area contributed by atoms with Crippen molar-refractivity contribution in [2.45, 2.75) is 0 Å². The molecule has 0 atom stereocenters. The lowest BCUT2D eigenvalue weighted by molar-refractivity contribution is 0.669. The van der Waals surface area contributed by atoms with Crippen molar-refractivity contribution in [3.8, 4) is 11.1 Å². The molecule has 2 heteroatoms. The molecule has 1 heterocycles. The molecule has 0 fully saturated rings. The second kappa shape index (κ2) is 5.95. The van der Waals surface area contributed by atoms with Gasteiger partial charge in [0, 0.05) is 15.2 Å². The highest BCUT2D eigenvalue weighted by molar-refractivity contribution is 9.10. The largest absolute Gasteiger partial charge is 0.456 e. The second-order valence-corrected chi connectivity index (χ2v) is 7.97. The molecule has 5 aromatic carbocycles. The van der Waals surface area contributed by atoms with Crippen molar-refractivity contribution in [2.24, 2.45) is 0 Å². The number of benzene rings is 5. The second-order valence-electron chi connectivity index (χ2n) is 7.12. The van der Waals surface area contributed by atoms with E-state index in [1.807, 2.05) is 12.1 Å². The summed E-state index contributed by atoms with van der Waals surface area (Å²) in [5, 5.41) is 7.37. The number of halogens is 1. The van der Waals surface area contributed by atoms with E-state index in [2.05, 4.69) is 94.8 Å². The van der Waals surface area contributed by atoms with Crippen LogP contribution in [0.3, 0.4) is 0 Å². The van der Waals surface area contributed by atoms with Crippen LogP contribution in [0.2, 0.25) is 0 Å². The predicted molar refractivity (Wildman–Crippen MR) is 122 cm³/mol. The van der Waals surface area contributed by atoms with E-state index in [4.69, 9.17) is 4.42 Å². The van der Waals surface area contributed by atoms with Gasteiger partial charge >= 0.3 is 0 Å². The van der Waals surface area contributed by atoms with Gasteiger partial charge in [0.05, 0.1) is 0 Å². The third-order valence-electron chi connectivity index (χ3n) is 5.52. The molecule has 0 bridgehead atoms. The Morgan fingerprint density at radius 1 is 0.571 bits per heavy atom. The lowest BCUT2D eigenvalue weighted by Crippen LogP contribution is -1.84. The maximum atomic E-state index is 6.05. The van der Waals surface area contributed by atoms with E-state index in [1.165, 1.54) is 32.7 Å². The lowest BCUT2D eigenvalue weighted by atomic mass is 9.93. The number of hydrogen-bond acceptors (Lipinski definition) is 1. The summed E-state index contributed by atoms with van der Waals surface area (Å²) in [5.41, 5.74) is 4.27. The van der Waals surface area contributed by atoms with Gasteiger partial charge in [-0.3, -0.25) is 0 Å². The fourth-order valence-electron chi connectivity index (χ4n) is 4.24.